The van der Waals surface area contributed by atoms with Crippen molar-refractivity contribution in [2.45, 2.75) is 45.8 Å². The molecule has 0 radical (unpaired) electrons. The van der Waals surface area contributed by atoms with Crippen LogP contribution in [0.2, 0.25) is 0 Å². The van der Waals surface area contributed by atoms with Crippen LogP contribution in [-0.4, -0.2) is 12.9 Å². The molecule has 2 rings (SSSR count). The minimum Gasteiger partial charge on any atom is -0.465 e. The molecule has 1 unspecified atom stereocenters. The summed E-state index contributed by atoms with van der Waals surface area (Å²) in [5.74, 6) is 1.45. The van der Waals surface area contributed by atoms with Crippen molar-refractivity contribution in [3.63, 3.8) is 0 Å². The van der Waals surface area contributed by atoms with E-state index in [2.05, 4.69) is 38.1 Å². The maximum atomic E-state index is 5.80. The van der Waals surface area contributed by atoms with E-state index in [1.807, 2.05) is 37.3 Å². The van der Waals surface area contributed by atoms with Crippen LogP contribution in [0.15, 0.2) is 54.6 Å². The van der Waals surface area contributed by atoms with Gasteiger partial charge in [-0.05, 0) is 48.9 Å². The maximum absolute atomic E-state index is 5.80. The Morgan fingerprint density at radius 1 is 0.909 bits per heavy atom. The second-order valence-corrected chi connectivity index (χ2v) is 5.67. The van der Waals surface area contributed by atoms with Crippen LogP contribution >= 0.6 is 0 Å². The van der Waals surface area contributed by atoms with E-state index < -0.39 is 0 Å². The molecule has 0 saturated carbocycles. The van der Waals surface area contributed by atoms with Crippen molar-refractivity contribution < 1.29 is 9.47 Å². The Morgan fingerprint density at radius 2 is 1.59 bits per heavy atom. The monoisotopic (exact) mass is 298 g/mol. The summed E-state index contributed by atoms with van der Waals surface area (Å²) in [6.07, 6.45) is 1.82. The molecular weight excluding hydrogens is 272 g/mol. The molecule has 2 aromatic rings. The quantitative estimate of drug-likeness (QED) is 0.625. The van der Waals surface area contributed by atoms with E-state index in [4.69, 9.17) is 9.47 Å². The van der Waals surface area contributed by atoms with Gasteiger partial charge in [-0.1, -0.05) is 56.3 Å². The van der Waals surface area contributed by atoms with Crippen LogP contribution in [0.1, 0.15) is 44.2 Å². The average Bonchev–Trinajstić information content (AvgIpc) is 2.56. The predicted molar refractivity (Wildman–Crippen MR) is 91.3 cm³/mol. The van der Waals surface area contributed by atoms with Crippen LogP contribution in [0.25, 0.3) is 0 Å². The summed E-state index contributed by atoms with van der Waals surface area (Å²) in [5, 5.41) is 0. The molecule has 2 aromatic carbocycles. The summed E-state index contributed by atoms with van der Waals surface area (Å²) >= 11 is 0. The molecule has 0 aromatic heterocycles. The highest BCUT2D eigenvalue weighted by Gasteiger charge is 2.06. The smallest absolute Gasteiger partial charge is 0.196 e. The summed E-state index contributed by atoms with van der Waals surface area (Å²) in [6, 6.07) is 18.7. The third-order valence-corrected chi connectivity index (χ3v) is 3.95. The lowest BCUT2D eigenvalue weighted by Gasteiger charge is -2.16. The van der Waals surface area contributed by atoms with Crippen LogP contribution in [0, 0.1) is 0 Å². The number of benzene rings is 2. The first-order valence-electron chi connectivity index (χ1n) is 8.11. The Hall–Kier alpha value is -1.80. The molecule has 0 heterocycles. The van der Waals surface area contributed by atoms with Crippen LogP contribution in [0.5, 0.6) is 5.75 Å². The van der Waals surface area contributed by atoms with Crippen molar-refractivity contribution in [1.82, 2.24) is 0 Å². The molecule has 0 amide bonds. The largest absolute Gasteiger partial charge is 0.465 e. The normalized spacial score (nSPS) is 13.6. The maximum Gasteiger partial charge on any atom is 0.196 e. The summed E-state index contributed by atoms with van der Waals surface area (Å²) in [7, 11) is 0. The Bertz CT molecular complexity index is 533. The van der Waals surface area contributed by atoms with Gasteiger partial charge < -0.3 is 9.47 Å². The number of hydrogen-bond donors (Lipinski definition) is 0. The average molecular weight is 298 g/mol. The van der Waals surface area contributed by atoms with Crippen LogP contribution in [0.3, 0.4) is 0 Å². The first kappa shape index (κ1) is 16.6. The molecule has 0 aliphatic carbocycles. The minimum atomic E-state index is -0.238. The molecule has 0 aliphatic heterocycles. The van der Waals surface area contributed by atoms with Gasteiger partial charge >= 0.3 is 0 Å². The second kappa shape index (κ2) is 8.60. The molecule has 0 fully saturated rings. The molecule has 0 spiro atoms. The molecule has 22 heavy (non-hydrogen) atoms. The lowest BCUT2D eigenvalue weighted by atomic mass is 9.99. The number of ether oxygens (including phenoxy) is 2. The van der Waals surface area contributed by atoms with E-state index in [1.165, 1.54) is 11.1 Å². The van der Waals surface area contributed by atoms with Gasteiger partial charge in [0.2, 0.25) is 0 Å². The highest BCUT2D eigenvalue weighted by Crippen LogP contribution is 2.22. The van der Waals surface area contributed by atoms with Crippen molar-refractivity contribution >= 4 is 0 Å². The van der Waals surface area contributed by atoms with Gasteiger partial charge in [-0.25, -0.2) is 0 Å². The lowest BCUT2D eigenvalue weighted by molar-refractivity contribution is -0.0654. The predicted octanol–water partition coefficient (Wildman–Crippen LogP) is 5.18. The highest BCUT2D eigenvalue weighted by atomic mass is 16.7. The van der Waals surface area contributed by atoms with E-state index in [-0.39, 0.29) is 6.29 Å². The lowest BCUT2D eigenvalue weighted by Crippen LogP contribution is -2.17. The van der Waals surface area contributed by atoms with Gasteiger partial charge in [0.25, 0.3) is 0 Å². The fraction of sp³-hybridized carbons (Fsp3) is 0.400. The fourth-order valence-corrected chi connectivity index (χ4v) is 2.32. The zero-order valence-corrected chi connectivity index (χ0v) is 13.8. The highest BCUT2D eigenvalue weighted by molar-refractivity contribution is 5.29. The summed E-state index contributed by atoms with van der Waals surface area (Å²) in [5.41, 5.74) is 2.64. The van der Waals surface area contributed by atoms with Crippen LogP contribution < -0.4 is 4.74 Å². The zero-order valence-electron chi connectivity index (χ0n) is 13.8. The van der Waals surface area contributed by atoms with Gasteiger partial charge in [0, 0.05) is 0 Å². The van der Waals surface area contributed by atoms with Gasteiger partial charge in [0.05, 0.1) is 6.61 Å². The van der Waals surface area contributed by atoms with Crippen LogP contribution in [0.4, 0.5) is 0 Å². The Balaban J connectivity index is 1.75. The molecule has 2 heteroatoms. The molecule has 0 N–H and O–H groups in total. The topological polar surface area (TPSA) is 18.5 Å². The molecular formula is C20H26O2. The second-order valence-electron chi connectivity index (χ2n) is 5.67. The minimum absolute atomic E-state index is 0.238. The van der Waals surface area contributed by atoms with Crippen molar-refractivity contribution in [1.29, 1.82) is 0 Å². The number of hydrogen-bond acceptors (Lipinski definition) is 2. The third kappa shape index (κ3) is 5.19. The van der Waals surface area contributed by atoms with Crippen molar-refractivity contribution in [3.05, 3.63) is 65.7 Å². The fourth-order valence-electron chi connectivity index (χ4n) is 2.32. The van der Waals surface area contributed by atoms with Gasteiger partial charge in [-0.2, -0.15) is 0 Å². The molecule has 2 atom stereocenters. The van der Waals surface area contributed by atoms with E-state index in [0.29, 0.717) is 12.5 Å². The van der Waals surface area contributed by atoms with E-state index >= 15 is 0 Å². The molecule has 0 saturated heterocycles. The first-order chi connectivity index (χ1) is 10.7. The molecule has 2 nitrogen and oxygen atoms in total. The van der Waals surface area contributed by atoms with Crippen LogP contribution in [-0.2, 0) is 11.2 Å². The van der Waals surface area contributed by atoms with Gasteiger partial charge in [0.15, 0.2) is 6.29 Å². The molecule has 0 bridgehead atoms. The Morgan fingerprint density at radius 3 is 2.23 bits per heavy atom. The van der Waals surface area contributed by atoms with E-state index in [0.717, 1.165) is 18.6 Å². The molecule has 0 aliphatic rings. The first-order valence-corrected chi connectivity index (χ1v) is 8.11. The summed E-state index contributed by atoms with van der Waals surface area (Å²) in [6.45, 7) is 7.05. The van der Waals surface area contributed by atoms with Crippen molar-refractivity contribution in [2.24, 2.45) is 0 Å². The molecule has 118 valence electrons. The zero-order chi connectivity index (χ0) is 15.8. The third-order valence-electron chi connectivity index (χ3n) is 3.95. The van der Waals surface area contributed by atoms with Gasteiger partial charge in [0.1, 0.15) is 5.75 Å². The van der Waals surface area contributed by atoms with Crippen molar-refractivity contribution in [3.8, 4) is 5.75 Å². The van der Waals surface area contributed by atoms with E-state index in [9.17, 15) is 0 Å². The summed E-state index contributed by atoms with van der Waals surface area (Å²) in [4.78, 5) is 0. The Kier molecular flexibility index (Phi) is 6.47. The van der Waals surface area contributed by atoms with Crippen molar-refractivity contribution in [2.75, 3.05) is 6.61 Å². The Labute approximate surface area is 134 Å². The number of rotatable bonds is 8. The standard InChI is InChI=1S/C20H26O2/c1-4-16(2)19-10-12-20(13-11-19)22-17(3)21-15-14-18-8-6-5-7-9-18/h5-13,16-17H,4,14-15H2,1-3H3/t16-,17?/m1/s1. The SMILES string of the molecule is CC[C@@H](C)c1ccc(OC(C)OCCc2ccccc2)cc1. The van der Waals surface area contributed by atoms with Gasteiger partial charge in [-0.15, -0.1) is 0 Å². The van der Waals surface area contributed by atoms with E-state index in [1.54, 1.807) is 0 Å². The van der Waals surface area contributed by atoms with Gasteiger partial charge in [-0.3, -0.25) is 0 Å². The summed E-state index contributed by atoms with van der Waals surface area (Å²) < 4.78 is 11.5.